The highest BCUT2D eigenvalue weighted by atomic mass is 35.5. The van der Waals surface area contributed by atoms with Gasteiger partial charge in [0.1, 0.15) is 0 Å². The fraction of sp³-hybridized carbons (Fsp3) is 0.222. The number of halogens is 1. The van der Waals surface area contributed by atoms with Crippen LogP contribution in [-0.4, -0.2) is 17.9 Å². The first-order valence-corrected chi connectivity index (χ1v) is 7.93. The van der Waals surface area contributed by atoms with Crippen molar-refractivity contribution >= 4 is 29.2 Å². The van der Waals surface area contributed by atoms with E-state index in [2.05, 4.69) is 15.6 Å². The van der Waals surface area contributed by atoms with Gasteiger partial charge in [0, 0.05) is 5.56 Å². The number of anilines is 1. The molecule has 0 saturated heterocycles. The number of carbonyl (C=O) groups is 1. The van der Waals surface area contributed by atoms with Crippen LogP contribution in [0.25, 0.3) is 0 Å². The number of hydrogen-bond acceptors (Lipinski definition) is 2. The smallest absolute Gasteiger partial charge is 0.257 e. The summed E-state index contributed by atoms with van der Waals surface area (Å²) in [6, 6.07) is 16.4. The van der Waals surface area contributed by atoms with Crippen LogP contribution in [0.15, 0.2) is 59.6 Å². The Morgan fingerprint density at radius 2 is 1.78 bits per heavy atom. The van der Waals surface area contributed by atoms with Gasteiger partial charge in [-0.3, -0.25) is 10.1 Å². The highest BCUT2D eigenvalue weighted by Crippen LogP contribution is 2.20. The van der Waals surface area contributed by atoms with E-state index in [1.165, 1.54) is 0 Å². The Morgan fingerprint density at radius 3 is 2.43 bits per heavy atom. The molecule has 120 valence electrons. The molecule has 23 heavy (non-hydrogen) atoms. The van der Waals surface area contributed by atoms with Gasteiger partial charge in [0.15, 0.2) is 0 Å². The van der Waals surface area contributed by atoms with Gasteiger partial charge in [-0.15, -0.1) is 0 Å². The summed E-state index contributed by atoms with van der Waals surface area (Å²) in [6.45, 7) is 4.03. The lowest BCUT2D eigenvalue weighted by atomic mass is 10.2. The molecule has 2 rings (SSSR count). The molecule has 4 nitrogen and oxygen atoms in total. The zero-order valence-electron chi connectivity index (χ0n) is 13.2. The second kappa shape index (κ2) is 8.34. The van der Waals surface area contributed by atoms with Crippen LogP contribution in [0.5, 0.6) is 0 Å². The lowest BCUT2D eigenvalue weighted by molar-refractivity contribution is 0.0977. The van der Waals surface area contributed by atoms with Crippen LogP contribution in [-0.2, 0) is 0 Å². The molecule has 2 aromatic carbocycles. The van der Waals surface area contributed by atoms with Gasteiger partial charge in [0.05, 0.1) is 16.8 Å². The van der Waals surface area contributed by atoms with Gasteiger partial charge in [-0.2, -0.15) is 0 Å². The Labute approximate surface area is 141 Å². The average molecular weight is 330 g/mol. The molecule has 1 amide bonds. The van der Waals surface area contributed by atoms with Crippen molar-refractivity contribution in [3.05, 3.63) is 65.2 Å². The maximum absolute atomic E-state index is 12.3. The Bertz CT molecular complexity index is 686. The Morgan fingerprint density at radius 1 is 1.13 bits per heavy atom. The minimum Gasteiger partial charge on any atom is -0.325 e. The summed E-state index contributed by atoms with van der Waals surface area (Å²) in [5.74, 6) is 0.175. The number of benzene rings is 2. The monoisotopic (exact) mass is 329 g/mol. The molecule has 0 aromatic heterocycles. The lowest BCUT2D eigenvalue weighted by Gasteiger charge is -2.14. The molecule has 0 bridgehead atoms. The number of aliphatic imine (C=N–C) groups is 1. The van der Waals surface area contributed by atoms with Crippen LogP contribution in [0.1, 0.15) is 30.6 Å². The predicted molar refractivity (Wildman–Crippen MR) is 96.2 cm³/mol. The van der Waals surface area contributed by atoms with E-state index in [4.69, 9.17) is 11.6 Å². The molecular formula is C18H20ClN3O. The molecule has 0 radical (unpaired) electrons. The summed E-state index contributed by atoms with van der Waals surface area (Å²) in [5, 5.41) is 6.48. The van der Waals surface area contributed by atoms with Crippen molar-refractivity contribution in [3.63, 3.8) is 0 Å². The zero-order chi connectivity index (χ0) is 16.7. The number of rotatable bonds is 4. The molecule has 0 saturated carbocycles. The molecule has 0 aliphatic carbocycles. The van der Waals surface area contributed by atoms with Crippen molar-refractivity contribution in [1.82, 2.24) is 5.32 Å². The average Bonchev–Trinajstić information content (AvgIpc) is 2.57. The van der Waals surface area contributed by atoms with Crippen molar-refractivity contribution in [2.75, 3.05) is 5.32 Å². The van der Waals surface area contributed by atoms with Crippen LogP contribution in [0.2, 0.25) is 5.02 Å². The van der Waals surface area contributed by atoms with Crippen molar-refractivity contribution in [3.8, 4) is 0 Å². The Kier molecular flexibility index (Phi) is 6.18. The molecule has 1 atom stereocenters. The maximum atomic E-state index is 12.3. The first-order valence-electron chi connectivity index (χ1n) is 7.56. The number of nitrogens with zero attached hydrogens (tertiary/aromatic N) is 1. The maximum Gasteiger partial charge on any atom is 0.257 e. The summed E-state index contributed by atoms with van der Waals surface area (Å²) in [7, 11) is 0. The van der Waals surface area contributed by atoms with E-state index >= 15 is 0 Å². The van der Waals surface area contributed by atoms with Crippen molar-refractivity contribution < 1.29 is 4.79 Å². The molecule has 2 aromatic rings. The van der Waals surface area contributed by atoms with Crippen LogP contribution in [0, 0.1) is 0 Å². The third kappa shape index (κ3) is 5.11. The first kappa shape index (κ1) is 17.0. The predicted octanol–water partition coefficient (Wildman–Crippen LogP) is 4.34. The highest BCUT2D eigenvalue weighted by Gasteiger charge is 2.11. The third-order valence-electron chi connectivity index (χ3n) is 3.34. The second-order valence-corrected chi connectivity index (χ2v) is 5.57. The van der Waals surface area contributed by atoms with Crippen molar-refractivity contribution in [2.24, 2.45) is 4.99 Å². The van der Waals surface area contributed by atoms with E-state index < -0.39 is 0 Å². The van der Waals surface area contributed by atoms with Crippen LogP contribution >= 0.6 is 11.6 Å². The summed E-state index contributed by atoms with van der Waals surface area (Å²) < 4.78 is 0. The zero-order valence-corrected chi connectivity index (χ0v) is 14.0. The molecule has 0 aliphatic rings. The molecule has 0 fully saturated rings. The molecule has 0 aliphatic heterocycles. The number of nitrogens with one attached hydrogen (secondary N) is 2. The number of hydrogen-bond donors (Lipinski definition) is 2. The topological polar surface area (TPSA) is 53.5 Å². The number of guanidine groups is 1. The summed E-state index contributed by atoms with van der Waals surface area (Å²) in [4.78, 5) is 16.8. The van der Waals surface area contributed by atoms with Crippen molar-refractivity contribution in [2.45, 2.75) is 26.3 Å². The Balaban J connectivity index is 2.20. The highest BCUT2D eigenvalue weighted by molar-refractivity contribution is 6.33. The van der Waals surface area contributed by atoms with E-state index in [-0.39, 0.29) is 11.9 Å². The summed E-state index contributed by atoms with van der Waals surface area (Å²) >= 11 is 6.16. The van der Waals surface area contributed by atoms with E-state index in [1.54, 1.807) is 18.2 Å². The quantitative estimate of drug-likeness (QED) is 0.647. The molecule has 0 heterocycles. The van der Waals surface area contributed by atoms with Gasteiger partial charge < -0.3 is 5.32 Å². The lowest BCUT2D eigenvalue weighted by Crippen LogP contribution is -2.37. The van der Waals surface area contributed by atoms with E-state index in [0.29, 0.717) is 22.2 Å². The number of carbonyl (C=O) groups excluding carboxylic acids is 1. The van der Waals surface area contributed by atoms with Gasteiger partial charge in [0.25, 0.3) is 5.91 Å². The Hall–Kier alpha value is -2.33. The van der Waals surface area contributed by atoms with E-state index in [1.807, 2.05) is 50.2 Å². The normalized spacial score (nSPS) is 12.6. The third-order valence-corrected chi connectivity index (χ3v) is 3.66. The van der Waals surface area contributed by atoms with Gasteiger partial charge in [-0.1, -0.05) is 48.9 Å². The number of para-hydroxylation sites is 1. The molecule has 0 spiro atoms. The fourth-order valence-electron chi connectivity index (χ4n) is 1.87. The van der Waals surface area contributed by atoms with Gasteiger partial charge in [-0.05, 0) is 37.6 Å². The van der Waals surface area contributed by atoms with Crippen molar-refractivity contribution in [1.29, 1.82) is 0 Å². The molecule has 1 unspecified atom stereocenters. The van der Waals surface area contributed by atoms with Gasteiger partial charge in [0.2, 0.25) is 5.96 Å². The van der Waals surface area contributed by atoms with Crippen LogP contribution < -0.4 is 10.6 Å². The van der Waals surface area contributed by atoms with Crippen LogP contribution in [0.4, 0.5) is 5.69 Å². The standard InChI is InChI=1S/C18H20ClN3O/c1-3-13(2)20-18(21-16-12-8-7-11-15(16)19)22-17(23)14-9-5-4-6-10-14/h4-13H,3H2,1-2H3,(H2,20,21,22,23). The molecule has 2 N–H and O–H groups in total. The first-order chi connectivity index (χ1) is 11.1. The van der Waals surface area contributed by atoms with E-state index in [9.17, 15) is 4.79 Å². The minimum absolute atomic E-state index is 0.0797. The fourth-order valence-corrected chi connectivity index (χ4v) is 2.05. The van der Waals surface area contributed by atoms with Crippen LogP contribution in [0.3, 0.4) is 0 Å². The van der Waals surface area contributed by atoms with Gasteiger partial charge in [-0.25, -0.2) is 4.99 Å². The largest absolute Gasteiger partial charge is 0.325 e. The minimum atomic E-state index is -0.216. The molecular weight excluding hydrogens is 310 g/mol. The SMILES string of the molecule is CCC(C)N=C(NC(=O)c1ccccc1)Nc1ccccc1Cl. The number of amides is 1. The molecule has 5 heteroatoms. The van der Waals surface area contributed by atoms with Gasteiger partial charge >= 0.3 is 0 Å². The van der Waals surface area contributed by atoms with E-state index in [0.717, 1.165) is 6.42 Å². The second-order valence-electron chi connectivity index (χ2n) is 5.16. The summed E-state index contributed by atoms with van der Waals surface area (Å²) in [6.07, 6.45) is 0.870. The summed E-state index contributed by atoms with van der Waals surface area (Å²) in [5.41, 5.74) is 1.27.